The monoisotopic (exact) mass is 414 g/mol. The van der Waals surface area contributed by atoms with E-state index in [1.54, 1.807) is 0 Å². The second kappa shape index (κ2) is 6.27. The summed E-state index contributed by atoms with van der Waals surface area (Å²) in [7, 11) is 2.11. The topological polar surface area (TPSA) is 40.9 Å². The van der Waals surface area contributed by atoms with E-state index in [9.17, 15) is 0 Å². The fraction of sp³-hybridized carbons (Fsp3) is 0.0741. The first-order valence-electron chi connectivity index (χ1n) is 11.0. The van der Waals surface area contributed by atoms with E-state index in [-0.39, 0.29) is 6.71 Å². The molecule has 0 bridgehead atoms. The van der Waals surface area contributed by atoms with Crippen molar-refractivity contribution in [3.05, 3.63) is 84.4 Å². The van der Waals surface area contributed by atoms with E-state index in [0.717, 1.165) is 39.7 Å². The Kier molecular flexibility index (Phi) is 3.46. The molecule has 152 valence electrons. The van der Waals surface area contributed by atoms with Crippen molar-refractivity contribution >= 4 is 45.5 Å². The largest absolute Gasteiger partial charge is 0.458 e. The Bertz CT molecular complexity index is 1570. The SMILES string of the molecule is Cc1ccccc1-c1[nH]c2cc3c(cc2[n+]1C)Oc1cccc2c1B3c1ccccc1N2. The minimum Gasteiger partial charge on any atom is -0.458 e. The number of imidazole rings is 1. The molecule has 0 atom stereocenters. The number of aromatic nitrogens is 2. The van der Waals surface area contributed by atoms with E-state index >= 15 is 0 Å². The lowest BCUT2D eigenvalue weighted by molar-refractivity contribution is -0.633. The van der Waals surface area contributed by atoms with Crippen LogP contribution in [0.4, 0.5) is 11.4 Å². The van der Waals surface area contributed by atoms with Crippen LogP contribution in [-0.2, 0) is 7.05 Å². The Hall–Kier alpha value is -3.99. The lowest BCUT2D eigenvalue weighted by atomic mass is 9.34. The molecule has 0 radical (unpaired) electrons. The van der Waals surface area contributed by atoms with E-state index in [0.29, 0.717) is 0 Å². The predicted molar refractivity (Wildman–Crippen MR) is 131 cm³/mol. The van der Waals surface area contributed by atoms with Crippen molar-refractivity contribution in [2.45, 2.75) is 6.92 Å². The second-order valence-electron chi connectivity index (χ2n) is 8.72. The Labute approximate surface area is 186 Å². The molecule has 4 nitrogen and oxygen atoms in total. The maximum atomic E-state index is 6.47. The summed E-state index contributed by atoms with van der Waals surface area (Å²) in [4.78, 5) is 3.69. The van der Waals surface area contributed by atoms with Crippen LogP contribution in [0.5, 0.6) is 11.5 Å². The van der Waals surface area contributed by atoms with Gasteiger partial charge >= 0.3 is 0 Å². The minimum absolute atomic E-state index is 0.141. The number of hydrogen-bond donors (Lipinski definition) is 2. The first-order chi connectivity index (χ1) is 15.7. The quantitative estimate of drug-likeness (QED) is 0.318. The molecule has 5 aromatic rings. The van der Waals surface area contributed by atoms with Gasteiger partial charge in [0.15, 0.2) is 11.0 Å². The summed E-state index contributed by atoms with van der Waals surface area (Å²) in [5.41, 5.74) is 10.7. The van der Waals surface area contributed by atoms with Gasteiger partial charge in [0, 0.05) is 17.4 Å². The van der Waals surface area contributed by atoms with E-state index < -0.39 is 0 Å². The molecule has 2 aliphatic heterocycles. The molecule has 0 unspecified atom stereocenters. The number of nitrogens with zero attached hydrogens (tertiary/aromatic N) is 1. The predicted octanol–water partition coefficient (Wildman–Crippen LogP) is 3.65. The van der Waals surface area contributed by atoms with Gasteiger partial charge in [-0.2, -0.15) is 0 Å². The smallest absolute Gasteiger partial charge is 0.287 e. The van der Waals surface area contributed by atoms with Gasteiger partial charge in [0.2, 0.25) is 0 Å². The molecule has 7 rings (SSSR count). The number of aryl methyl sites for hydroxylation is 2. The number of aromatic amines is 1. The van der Waals surface area contributed by atoms with Crippen LogP contribution in [0, 0.1) is 6.92 Å². The lowest BCUT2D eigenvalue weighted by Gasteiger charge is -2.33. The van der Waals surface area contributed by atoms with Gasteiger partial charge in [0.05, 0.1) is 12.6 Å². The lowest BCUT2D eigenvalue weighted by Crippen LogP contribution is -2.58. The first kappa shape index (κ1) is 17.7. The van der Waals surface area contributed by atoms with E-state index in [4.69, 9.17) is 4.74 Å². The number of para-hydroxylation sites is 1. The maximum Gasteiger partial charge on any atom is 0.287 e. The summed E-state index contributed by atoms with van der Waals surface area (Å²) in [6.45, 7) is 2.29. The van der Waals surface area contributed by atoms with Crippen LogP contribution in [0.2, 0.25) is 0 Å². The molecule has 0 fully saturated rings. The van der Waals surface area contributed by atoms with Crippen molar-refractivity contribution in [3.63, 3.8) is 0 Å². The van der Waals surface area contributed by atoms with E-state index in [1.807, 2.05) is 0 Å². The van der Waals surface area contributed by atoms with Gasteiger partial charge in [0.25, 0.3) is 12.5 Å². The van der Waals surface area contributed by atoms with Crippen molar-refractivity contribution in [3.8, 4) is 22.9 Å². The summed E-state index contributed by atoms with van der Waals surface area (Å²) in [6.07, 6.45) is 0. The number of ether oxygens (including phenoxy) is 1. The van der Waals surface area contributed by atoms with Crippen molar-refractivity contribution in [1.82, 2.24) is 4.98 Å². The highest BCUT2D eigenvalue weighted by Gasteiger charge is 2.39. The number of nitrogens with one attached hydrogen (secondary N) is 2. The van der Waals surface area contributed by atoms with Crippen LogP contribution >= 0.6 is 0 Å². The van der Waals surface area contributed by atoms with Gasteiger partial charge in [-0.15, -0.1) is 0 Å². The fourth-order valence-electron chi connectivity index (χ4n) is 5.34. The molecule has 0 saturated heterocycles. The van der Waals surface area contributed by atoms with Crippen LogP contribution in [0.1, 0.15) is 5.56 Å². The molecule has 0 amide bonds. The molecule has 1 aromatic heterocycles. The second-order valence-corrected chi connectivity index (χ2v) is 8.72. The van der Waals surface area contributed by atoms with Crippen LogP contribution < -0.4 is 31.0 Å². The average Bonchev–Trinajstić information content (AvgIpc) is 3.13. The highest BCUT2D eigenvalue weighted by Crippen LogP contribution is 2.33. The van der Waals surface area contributed by atoms with Crippen LogP contribution in [0.25, 0.3) is 22.4 Å². The number of fused-ring (bicyclic) bond motifs is 5. The summed E-state index contributed by atoms with van der Waals surface area (Å²) < 4.78 is 8.70. The zero-order valence-corrected chi connectivity index (χ0v) is 17.9. The Morgan fingerprint density at radius 3 is 2.53 bits per heavy atom. The Morgan fingerprint density at radius 1 is 0.812 bits per heavy atom. The van der Waals surface area contributed by atoms with Gasteiger partial charge < -0.3 is 10.1 Å². The first-order valence-corrected chi connectivity index (χ1v) is 11.0. The Morgan fingerprint density at radius 2 is 1.62 bits per heavy atom. The van der Waals surface area contributed by atoms with Crippen LogP contribution in [-0.4, -0.2) is 11.7 Å². The number of H-pyrrole nitrogens is 1. The van der Waals surface area contributed by atoms with Gasteiger partial charge in [0.1, 0.15) is 11.5 Å². The molecule has 32 heavy (non-hydrogen) atoms. The van der Waals surface area contributed by atoms with Gasteiger partial charge in [-0.1, -0.05) is 42.5 Å². The van der Waals surface area contributed by atoms with E-state index in [2.05, 4.69) is 108 Å². The number of anilines is 2. The number of rotatable bonds is 1. The highest BCUT2D eigenvalue weighted by atomic mass is 16.5. The number of benzene rings is 4. The molecule has 4 aromatic carbocycles. The summed E-state index contributed by atoms with van der Waals surface area (Å²) in [5.74, 6) is 2.96. The minimum atomic E-state index is 0.141. The third-order valence-corrected chi connectivity index (χ3v) is 6.90. The third-order valence-electron chi connectivity index (χ3n) is 6.90. The molecule has 2 N–H and O–H groups in total. The molecule has 5 heteroatoms. The van der Waals surface area contributed by atoms with Crippen LogP contribution in [0.3, 0.4) is 0 Å². The summed E-state index contributed by atoms with van der Waals surface area (Å²) >= 11 is 0. The average molecular weight is 414 g/mol. The van der Waals surface area contributed by atoms with Gasteiger partial charge in [-0.25, -0.2) is 9.55 Å². The normalized spacial score (nSPS) is 13.1. The van der Waals surface area contributed by atoms with Gasteiger partial charge in [-0.05, 0) is 59.2 Å². The van der Waals surface area contributed by atoms with Crippen molar-refractivity contribution in [2.75, 3.05) is 5.32 Å². The molecular weight excluding hydrogens is 393 g/mol. The molecule has 3 heterocycles. The fourth-order valence-corrected chi connectivity index (χ4v) is 5.34. The maximum absolute atomic E-state index is 6.47. The highest BCUT2D eigenvalue weighted by molar-refractivity contribution is 6.99. The van der Waals surface area contributed by atoms with Gasteiger partial charge in [-0.3, -0.25) is 0 Å². The van der Waals surface area contributed by atoms with E-state index in [1.165, 1.54) is 27.5 Å². The Balaban J connectivity index is 1.50. The molecule has 2 aliphatic rings. The zero-order chi connectivity index (χ0) is 21.4. The standard InChI is InChI=1S/C27H20BN3O/c1-16-8-3-4-9-17(16)27-30-22-14-19-25(15-23(22)31(27)2)32-24-13-7-12-21-26(24)28(19)18-10-5-6-11-20(18)29-21/h3-15,29H,1-2H3/p+1. The summed E-state index contributed by atoms with van der Waals surface area (Å²) in [6, 6.07) is 27.8. The van der Waals surface area contributed by atoms with Crippen molar-refractivity contribution < 1.29 is 9.30 Å². The third kappa shape index (κ3) is 2.31. The zero-order valence-electron chi connectivity index (χ0n) is 17.9. The molecule has 0 aliphatic carbocycles. The molecular formula is C27H21BN3O+. The van der Waals surface area contributed by atoms with Crippen LogP contribution in [0.15, 0.2) is 78.9 Å². The van der Waals surface area contributed by atoms with Crippen molar-refractivity contribution in [1.29, 1.82) is 0 Å². The number of hydrogen-bond acceptors (Lipinski definition) is 2. The summed E-state index contributed by atoms with van der Waals surface area (Å²) in [5, 5.41) is 3.60. The molecule has 0 saturated carbocycles. The molecule has 0 spiro atoms. The van der Waals surface area contributed by atoms with Crippen molar-refractivity contribution in [2.24, 2.45) is 7.05 Å².